The van der Waals surface area contributed by atoms with Crippen molar-refractivity contribution in [2.45, 2.75) is 0 Å². The van der Waals surface area contributed by atoms with E-state index in [9.17, 15) is 0 Å². The van der Waals surface area contributed by atoms with E-state index in [-0.39, 0.29) is 0 Å². The smallest absolute Gasteiger partial charge is 0.127 e. The number of hydrogen-bond acceptors (Lipinski definition) is 3. The van der Waals surface area contributed by atoms with Crippen molar-refractivity contribution in [1.29, 1.82) is 0 Å². The number of aromatic nitrogens is 1. The Morgan fingerprint density at radius 3 is 2.39 bits per heavy atom. The van der Waals surface area contributed by atoms with Crippen molar-refractivity contribution in [2.75, 3.05) is 5.73 Å². The second-order valence-electron chi connectivity index (χ2n) is 3.85. The molecule has 1 heterocycles. The summed E-state index contributed by atoms with van der Waals surface area (Å²) in [7, 11) is 0. The van der Waals surface area contributed by atoms with Crippen LogP contribution in [0.1, 0.15) is 0 Å². The maximum atomic E-state index is 6.20. The summed E-state index contributed by atoms with van der Waals surface area (Å²) in [5, 5.41) is 1.87. The topological polar surface area (TPSA) is 38.9 Å². The molecule has 0 fully saturated rings. The fraction of sp³-hybridized carbons (Fsp3) is 0. The van der Waals surface area contributed by atoms with E-state index < -0.39 is 0 Å². The lowest BCUT2D eigenvalue weighted by molar-refractivity contribution is 1.48. The van der Waals surface area contributed by atoms with Crippen LogP contribution in [0.25, 0.3) is 20.8 Å². The Hall–Kier alpha value is -1.29. The Bertz CT molecular complexity index is 681. The fourth-order valence-electron chi connectivity index (χ4n) is 1.78. The minimum atomic E-state index is 0.527. The van der Waals surface area contributed by atoms with E-state index in [0.717, 1.165) is 20.8 Å². The van der Waals surface area contributed by atoms with Gasteiger partial charge < -0.3 is 5.73 Å². The predicted octanol–water partition coefficient (Wildman–Crippen LogP) is 4.85. The first-order valence-electron chi connectivity index (χ1n) is 5.25. The van der Waals surface area contributed by atoms with E-state index in [1.165, 1.54) is 0 Å². The summed E-state index contributed by atoms with van der Waals surface area (Å²) in [5.74, 6) is 0. The lowest BCUT2D eigenvalue weighted by Crippen LogP contribution is -1.87. The molecule has 18 heavy (non-hydrogen) atoms. The molecule has 0 amide bonds. The van der Waals surface area contributed by atoms with Crippen molar-refractivity contribution in [1.82, 2.24) is 4.98 Å². The molecule has 0 unspecified atom stereocenters. The van der Waals surface area contributed by atoms with Crippen LogP contribution in [-0.4, -0.2) is 4.98 Å². The summed E-state index contributed by atoms with van der Waals surface area (Å²) in [6.45, 7) is 0. The Morgan fingerprint density at radius 2 is 1.72 bits per heavy atom. The first kappa shape index (κ1) is 11.8. The van der Waals surface area contributed by atoms with Gasteiger partial charge in [-0.3, -0.25) is 0 Å². The molecule has 1 aromatic heterocycles. The van der Waals surface area contributed by atoms with E-state index in [1.54, 1.807) is 23.5 Å². The molecule has 3 rings (SSSR count). The van der Waals surface area contributed by atoms with E-state index in [1.807, 2.05) is 24.3 Å². The number of benzene rings is 2. The molecular formula is C13H8Cl2N2S. The summed E-state index contributed by atoms with van der Waals surface area (Å²) < 4.78 is 1.11. The average Bonchev–Trinajstić information content (AvgIpc) is 2.70. The lowest BCUT2D eigenvalue weighted by atomic mass is 10.2. The highest BCUT2D eigenvalue weighted by molar-refractivity contribution is 7.21. The van der Waals surface area contributed by atoms with E-state index >= 15 is 0 Å². The number of para-hydroxylation sites is 1. The molecule has 0 bridgehead atoms. The van der Waals surface area contributed by atoms with E-state index in [0.29, 0.717) is 15.7 Å². The molecule has 0 atom stereocenters. The molecule has 2 aromatic carbocycles. The molecule has 0 saturated heterocycles. The van der Waals surface area contributed by atoms with Gasteiger partial charge in [0.15, 0.2) is 0 Å². The van der Waals surface area contributed by atoms with E-state index in [4.69, 9.17) is 28.9 Å². The monoisotopic (exact) mass is 294 g/mol. The Kier molecular flexibility index (Phi) is 2.90. The normalized spacial score (nSPS) is 11.0. The van der Waals surface area contributed by atoms with Crippen LogP contribution >= 0.6 is 34.5 Å². The fourth-order valence-corrected chi connectivity index (χ4v) is 3.61. The zero-order chi connectivity index (χ0) is 12.7. The molecule has 3 aromatic rings. The lowest BCUT2D eigenvalue weighted by Gasteiger charge is -2.04. The van der Waals surface area contributed by atoms with Crippen molar-refractivity contribution in [2.24, 2.45) is 0 Å². The van der Waals surface area contributed by atoms with Crippen molar-refractivity contribution in [3.63, 3.8) is 0 Å². The first-order chi connectivity index (χ1) is 8.65. The number of halogens is 2. The molecule has 2 N–H and O–H groups in total. The predicted molar refractivity (Wildman–Crippen MR) is 79.5 cm³/mol. The Labute approximate surface area is 118 Å². The zero-order valence-electron chi connectivity index (χ0n) is 9.15. The highest BCUT2D eigenvalue weighted by atomic mass is 35.5. The average molecular weight is 295 g/mol. The van der Waals surface area contributed by atoms with Crippen LogP contribution < -0.4 is 5.73 Å². The molecule has 0 saturated carbocycles. The quantitative estimate of drug-likeness (QED) is 0.652. The van der Waals surface area contributed by atoms with E-state index in [2.05, 4.69) is 4.98 Å². The van der Waals surface area contributed by atoms with Gasteiger partial charge in [0.2, 0.25) is 0 Å². The number of thiazole rings is 1. The maximum absolute atomic E-state index is 6.20. The van der Waals surface area contributed by atoms with Crippen molar-refractivity contribution >= 4 is 50.4 Å². The number of rotatable bonds is 1. The van der Waals surface area contributed by atoms with Gasteiger partial charge in [-0.2, -0.15) is 0 Å². The van der Waals surface area contributed by atoms with Gasteiger partial charge in [0.1, 0.15) is 5.01 Å². The molecule has 5 heteroatoms. The van der Waals surface area contributed by atoms with Crippen LogP contribution in [-0.2, 0) is 0 Å². The van der Waals surface area contributed by atoms with Crippen LogP contribution in [0.2, 0.25) is 10.0 Å². The van der Waals surface area contributed by atoms with Gasteiger partial charge in [0.25, 0.3) is 0 Å². The second kappa shape index (κ2) is 4.43. The second-order valence-corrected chi connectivity index (χ2v) is 5.69. The van der Waals surface area contributed by atoms with Gasteiger partial charge in [-0.05, 0) is 24.3 Å². The van der Waals surface area contributed by atoms with Crippen molar-refractivity contribution < 1.29 is 0 Å². The van der Waals surface area contributed by atoms with Gasteiger partial charge >= 0.3 is 0 Å². The van der Waals surface area contributed by atoms with Gasteiger partial charge in [-0.25, -0.2) is 4.98 Å². The molecular weight excluding hydrogens is 287 g/mol. The summed E-state index contributed by atoms with van der Waals surface area (Å²) >= 11 is 14.0. The largest absolute Gasteiger partial charge is 0.399 e. The van der Waals surface area contributed by atoms with Crippen LogP contribution in [0.5, 0.6) is 0 Å². The molecule has 2 nitrogen and oxygen atoms in total. The molecule has 0 aliphatic heterocycles. The first-order valence-corrected chi connectivity index (χ1v) is 6.83. The van der Waals surface area contributed by atoms with Crippen LogP contribution in [0, 0.1) is 0 Å². The number of anilines is 1. The summed E-state index contributed by atoms with van der Waals surface area (Å²) in [5.41, 5.74) is 7.94. The van der Waals surface area contributed by atoms with Crippen LogP contribution in [0.15, 0.2) is 36.4 Å². The summed E-state index contributed by atoms with van der Waals surface area (Å²) in [4.78, 5) is 4.54. The van der Waals surface area contributed by atoms with Crippen LogP contribution in [0.4, 0.5) is 5.69 Å². The highest BCUT2D eigenvalue weighted by Gasteiger charge is 2.14. The third-order valence-corrected chi connectivity index (χ3v) is 4.22. The number of fused-ring (bicyclic) bond motifs is 1. The number of nitrogens with two attached hydrogens (primary N) is 1. The van der Waals surface area contributed by atoms with Gasteiger partial charge in [-0.1, -0.05) is 35.3 Å². The van der Waals surface area contributed by atoms with Gasteiger partial charge in [0, 0.05) is 11.3 Å². The summed E-state index contributed by atoms with van der Waals surface area (Å²) in [6, 6.07) is 11.3. The summed E-state index contributed by atoms with van der Waals surface area (Å²) in [6.07, 6.45) is 0. The molecule has 0 spiro atoms. The minimum Gasteiger partial charge on any atom is -0.399 e. The maximum Gasteiger partial charge on any atom is 0.127 e. The van der Waals surface area contributed by atoms with Crippen molar-refractivity contribution in [3.8, 4) is 10.6 Å². The molecule has 0 aliphatic rings. The molecule has 0 radical (unpaired) electrons. The SMILES string of the molecule is Nc1cc(Cl)c(-c2nc3ccccc3s2)c(Cl)c1. The molecule has 90 valence electrons. The third kappa shape index (κ3) is 1.94. The zero-order valence-corrected chi connectivity index (χ0v) is 11.5. The Balaban J connectivity index is 2.26. The highest BCUT2D eigenvalue weighted by Crippen LogP contribution is 2.40. The molecule has 0 aliphatic carbocycles. The number of nitrogen functional groups attached to an aromatic ring is 1. The van der Waals surface area contributed by atoms with Gasteiger partial charge in [-0.15, -0.1) is 11.3 Å². The standard InChI is InChI=1S/C13H8Cl2N2S/c14-8-5-7(16)6-9(15)12(8)13-17-10-3-1-2-4-11(10)18-13/h1-6H,16H2. The third-order valence-electron chi connectivity index (χ3n) is 2.57. The minimum absolute atomic E-state index is 0.527. The van der Waals surface area contributed by atoms with Crippen molar-refractivity contribution in [3.05, 3.63) is 46.4 Å². The van der Waals surface area contributed by atoms with Crippen LogP contribution in [0.3, 0.4) is 0 Å². The number of nitrogens with zero attached hydrogens (tertiary/aromatic N) is 1. The Morgan fingerprint density at radius 1 is 1.06 bits per heavy atom. The van der Waals surface area contributed by atoms with Gasteiger partial charge in [0.05, 0.1) is 20.3 Å². The number of hydrogen-bond donors (Lipinski definition) is 1.